The lowest BCUT2D eigenvalue weighted by Crippen LogP contribution is -2.29. The fourth-order valence-electron chi connectivity index (χ4n) is 2.97. The molecule has 0 aromatic heterocycles. The van der Waals surface area contributed by atoms with Crippen LogP contribution in [0.2, 0.25) is 0 Å². The van der Waals surface area contributed by atoms with Crippen molar-refractivity contribution >= 4 is 28.3 Å². The summed E-state index contributed by atoms with van der Waals surface area (Å²) in [6.45, 7) is 0. The first-order chi connectivity index (χ1) is 11.2. The maximum Gasteiger partial charge on any atom is 0.266 e. The van der Waals surface area contributed by atoms with E-state index in [9.17, 15) is 9.59 Å². The number of hydrogen-bond acceptors (Lipinski definition) is 3. The van der Waals surface area contributed by atoms with Gasteiger partial charge in [-0.1, -0.05) is 30.3 Å². The van der Waals surface area contributed by atoms with Gasteiger partial charge in [-0.15, -0.1) is 0 Å². The number of imide groups is 1. The van der Waals surface area contributed by atoms with Crippen LogP contribution in [0.3, 0.4) is 0 Å². The van der Waals surface area contributed by atoms with Crippen LogP contribution in [0.4, 0.5) is 5.69 Å². The molecule has 1 aliphatic heterocycles. The summed E-state index contributed by atoms with van der Waals surface area (Å²) in [5, 5.41) is 1.75. The van der Waals surface area contributed by atoms with E-state index in [-0.39, 0.29) is 11.8 Å². The molecule has 2 amide bonds. The van der Waals surface area contributed by atoms with Gasteiger partial charge in [-0.05, 0) is 41.1 Å². The number of rotatable bonds is 2. The van der Waals surface area contributed by atoms with Crippen LogP contribution in [0, 0.1) is 0 Å². The van der Waals surface area contributed by atoms with Crippen LogP contribution in [0.1, 0.15) is 20.7 Å². The molecule has 112 valence electrons. The Balaban J connectivity index is 1.87. The van der Waals surface area contributed by atoms with Crippen molar-refractivity contribution in [2.24, 2.45) is 0 Å². The van der Waals surface area contributed by atoms with Crippen molar-refractivity contribution in [3.8, 4) is 5.75 Å². The van der Waals surface area contributed by atoms with Crippen molar-refractivity contribution in [1.29, 1.82) is 0 Å². The average molecular weight is 303 g/mol. The predicted molar refractivity (Wildman–Crippen MR) is 88.1 cm³/mol. The molecule has 23 heavy (non-hydrogen) atoms. The Hall–Kier alpha value is -3.14. The Bertz CT molecular complexity index is 944. The van der Waals surface area contributed by atoms with Crippen LogP contribution in [0.15, 0.2) is 60.7 Å². The van der Waals surface area contributed by atoms with Crippen LogP contribution in [-0.4, -0.2) is 18.9 Å². The van der Waals surface area contributed by atoms with Crippen molar-refractivity contribution in [2.75, 3.05) is 12.0 Å². The molecule has 3 aromatic carbocycles. The van der Waals surface area contributed by atoms with E-state index in [1.165, 1.54) is 4.90 Å². The standard InChI is InChI=1S/C19H13NO3/c1-23-14-9-7-13(8-10-14)20-18(21)16-11-6-12-4-2-3-5-15(12)17(16)19(20)22/h2-11H,1H3. The third-order valence-corrected chi connectivity index (χ3v) is 4.11. The van der Waals surface area contributed by atoms with Gasteiger partial charge >= 0.3 is 0 Å². The molecule has 0 radical (unpaired) electrons. The molecule has 0 fully saturated rings. The van der Waals surface area contributed by atoms with Gasteiger partial charge < -0.3 is 4.74 Å². The van der Waals surface area contributed by atoms with Gasteiger partial charge in [0.05, 0.1) is 23.9 Å². The molecule has 1 heterocycles. The maximum atomic E-state index is 12.8. The topological polar surface area (TPSA) is 46.6 Å². The molecule has 1 aliphatic rings. The largest absolute Gasteiger partial charge is 0.497 e. The molecule has 4 rings (SSSR count). The molecule has 0 atom stereocenters. The number of fused-ring (bicyclic) bond motifs is 3. The minimum Gasteiger partial charge on any atom is -0.497 e. The van der Waals surface area contributed by atoms with Gasteiger partial charge in [-0.2, -0.15) is 0 Å². The third-order valence-electron chi connectivity index (χ3n) is 4.11. The van der Waals surface area contributed by atoms with E-state index in [1.807, 2.05) is 30.3 Å². The molecule has 4 nitrogen and oxygen atoms in total. The number of amides is 2. The summed E-state index contributed by atoms with van der Waals surface area (Å²) in [7, 11) is 1.57. The monoisotopic (exact) mass is 303 g/mol. The van der Waals surface area contributed by atoms with E-state index < -0.39 is 0 Å². The first kappa shape index (κ1) is 13.5. The average Bonchev–Trinajstić information content (AvgIpc) is 2.86. The number of ether oxygens (including phenoxy) is 1. The van der Waals surface area contributed by atoms with Gasteiger partial charge in [-0.25, -0.2) is 4.90 Å². The fourth-order valence-corrected chi connectivity index (χ4v) is 2.97. The summed E-state index contributed by atoms with van der Waals surface area (Å²) in [6, 6.07) is 18.1. The molecule has 0 bridgehead atoms. The molecule has 3 aromatic rings. The van der Waals surface area contributed by atoms with Crippen molar-refractivity contribution in [2.45, 2.75) is 0 Å². The summed E-state index contributed by atoms with van der Waals surface area (Å²) >= 11 is 0. The first-order valence-electron chi connectivity index (χ1n) is 7.25. The number of carbonyl (C=O) groups is 2. The van der Waals surface area contributed by atoms with Crippen LogP contribution >= 0.6 is 0 Å². The molecule has 4 heteroatoms. The van der Waals surface area contributed by atoms with E-state index in [1.54, 1.807) is 37.4 Å². The van der Waals surface area contributed by atoms with Crippen molar-refractivity contribution in [3.05, 3.63) is 71.8 Å². The maximum absolute atomic E-state index is 12.8. The minimum absolute atomic E-state index is 0.285. The number of nitrogens with zero attached hydrogens (tertiary/aromatic N) is 1. The Morgan fingerprint density at radius 2 is 1.57 bits per heavy atom. The zero-order valence-electron chi connectivity index (χ0n) is 12.4. The summed E-state index contributed by atoms with van der Waals surface area (Å²) in [6.07, 6.45) is 0. The van der Waals surface area contributed by atoms with Gasteiger partial charge in [0.15, 0.2) is 0 Å². The van der Waals surface area contributed by atoms with E-state index in [0.29, 0.717) is 22.6 Å². The number of anilines is 1. The molecule has 0 saturated carbocycles. The number of carbonyl (C=O) groups excluding carboxylic acids is 2. The molecule has 0 unspecified atom stereocenters. The van der Waals surface area contributed by atoms with Crippen molar-refractivity contribution in [1.82, 2.24) is 0 Å². The molecule has 0 aliphatic carbocycles. The van der Waals surface area contributed by atoms with E-state index >= 15 is 0 Å². The van der Waals surface area contributed by atoms with E-state index in [2.05, 4.69) is 0 Å². The highest BCUT2D eigenvalue weighted by Gasteiger charge is 2.37. The molecule has 0 spiro atoms. The van der Waals surface area contributed by atoms with Gasteiger partial charge in [0.1, 0.15) is 5.75 Å². The zero-order valence-corrected chi connectivity index (χ0v) is 12.4. The lowest BCUT2D eigenvalue weighted by atomic mass is 10.0. The van der Waals surface area contributed by atoms with Crippen LogP contribution < -0.4 is 9.64 Å². The van der Waals surface area contributed by atoms with Gasteiger partial charge in [0.2, 0.25) is 0 Å². The van der Waals surface area contributed by atoms with Crippen molar-refractivity contribution < 1.29 is 14.3 Å². The second-order valence-electron chi connectivity index (χ2n) is 5.35. The summed E-state index contributed by atoms with van der Waals surface area (Å²) in [5.74, 6) is 0.101. The predicted octanol–water partition coefficient (Wildman–Crippen LogP) is 3.65. The van der Waals surface area contributed by atoms with Crippen LogP contribution in [0.5, 0.6) is 5.75 Å². The Morgan fingerprint density at radius 3 is 2.30 bits per heavy atom. The highest BCUT2D eigenvalue weighted by atomic mass is 16.5. The summed E-state index contributed by atoms with van der Waals surface area (Å²) < 4.78 is 5.12. The van der Waals surface area contributed by atoms with E-state index in [4.69, 9.17) is 4.74 Å². The Morgan fingerprint density at radius 1 is 0.826 bits per heavy atom. The van der Waals surface area contributed by atoms with E-state index in [0.717, 1.165) is 10.8 Å². The van der Waals surface area contributed by atoms with Gasteiger partial charge in [0, 0.05) is 0 Å². The first-order valence-corrected chi connectivity index (χ1v) is 7.25. The fraction of sp³-hybridized carbons (Fsp3) is 0.0526. The van der Waals surface area contributed by atoms with Crippen LogP contribution in [0.25, 0.3) is 10.8 Å². The Labute approximate surface area is 132 Å². The number of hydrogen-bond donors (Lipinski definition) is 0. The quantitative estimate of drug-likeness (QED) is 0.679. The highest BCUT2D eigenvalue weighted by Crippen LogP contribution is 2.33. The normalized spacial score (nSPS) is 13.5. The van der Waals surface area contributed by atoms with Gasteiger partial charge in [-0.3, -0.25) is 9.59 Å². The third kappa shape index (κ3) is 1.92. The molecule has 0 saturated heterocycles. The number of benzene rings is 3. The highest BCUT2D eigenvalue weighted by molar-refractivity contribution is 6.37. The second kappa shape index (κ2) is 4.95. The summed E-state index contributed by atoms with van der Waals surface area (Å²) in [5.41, 5.74) is 1.47. The smallest absolute Gasteiger partial charge is 0.266 e. The van der Waals surface area contributed by atoms with Gasteiger partial charge in [0.25, 0.3) is 11.8 Å². The molecular weight excluding hydrogens is 290 g/mol. The van der Waals surface area contributed by atoms with Crippen molar-refractivity contribution in [3.63, 3.8) is 0 Å². The number of methoxy groups -OCH3 is 1. The van der Waals surface area contributed by atoms with Crippen LogP contribution in [-0.2, 0) is 0 Å². The molecular formula is C19H13NO3. The molecule has 0 N–H and O–H groups in total. The zero-order chi connectivity index (χ0) is 16.0. The lowest BCUT2D eigenvalue weighted by Gasteiger charge is -2.14. The lowest BCUT2D eigenvalue weighted by molar-refractivity contribution is 0.0926. The summed E-state index contributed by atoms with van der Waals surface area (Å²) in [4.78, 5) is 26.7. The Kier molecular flexibility index (Phi) is 2.91. The second-order valence-corrected chi connectivity index (χ2v) is 5.35. The SMILES string of the molecule is COc1ccc(N2C(=O)c3ccc4ccccc4c3C2=O)cc1. The minimum atomic E-state index is -0.291.